The van der Waals surface area contributed by atoms with Crippen LogP contribution in [0.4, 0.5) is 13.2 Å². The van der Waals surface area contributed by atoms with E-state index in [1.54, 1.807) is 11.3 Å². The summed E-state index contributed by atoms with van der Waals surface area (Å²) < 4.78 is 40.8. The Morgan fingerprint density at radius 3 is 2.71 bits per heavy atom. The van der Waals surface area contributed by atoms with Gasteiger partial charge in [0.05, 0.1) is 5.39 Å². The predicted molar refractivity (Wildman–Crippen MR) is 74.8 cm³/mol. The molecular weight excluding hydrogens is 325 g/mol. The van der Waals surface area contributed by atoms with E-state index in [2.05, 4.69) is 14.7 Å². The molecule has 3 rings (SSSR count). The van der Waals surface area contributed by atoms with Crippen molar-refractivity contribution in [3.63, 3.8) is 0 Å². The van der Waals surface area contributed by atoms with Crippen LogP contribution in [0.15, 0.2) is 0 Å². The van der Waals surface area contributed by atoms with Gasteiger partial charge in [0, 0.05) is 4.88 Å². The van der Waals surface area contributed by atoms with E-state index in [-0.39, 0.29) is 12.4 Å². The third-order valence-electron chi connectivity index (χ3n) is 3.31. The van der Waals surface area contributed by atoms with Crippen molar-refractivity contribution in [3.8, 4) is 0 Å². The molecule has 3 nitrogen and oxygen atoms in total. The minimum Gasteiger partial charge on any atom is -0.364 e. The molecular formula is C13H12ClF3N2OS. The van der Waals surface area contributed by atoms with Crippen LogP contribution in [0.3, 0.4) is 0 Å². The average Bonchev–Trinajstić information content (AvgIpc) is 2.75. The Hall–Kier alpha value is -0.920. The summed E-state index contributed by atoms with van der Waals surface area (Å²) in [5.41, 5.74) is 1.20. The maximum absolute atomic E-state index is 12.1. The molecule has 0 saturated heterocycles. The first-order chi connectivity index (χ1) is 9.94. The first-order valence-corrected chi connectivity index (χ1v) is 7.74. The molecule has 8 heteroatoms. The number of alkyl halides is 3. The van der Waals surface area contributed by atoms with E-state index in [0.29, 0.717) is 5.15 Å². The standard InChI is InChI=1S/C13H12ClF3N2OS/c14-11-10-7-3-1-2-4-8(7)21-12(10)19-9(18-11)5-20-6-13(15,16)17/h1-6H2. The van der Waals surface area contributed by atoms with E-state index in [9.17, 15) is 13.2 Å². The lowest BCUT2D eigenvalue weighted by atomic mass is 9.97. The molecule has 0 amide bonds. The highest BCUT2D eigenvalue weighted by atomic mass is 35.5. The summed E-state index contributed by atoms with van der Waals surface area (Å²) >= 11 is 7.74. The van der Waals surface area contributed by atoms with Crippen LogP contribution >= 0.6 is 22.9 Å². The summed E-state index contributed by atoms with van der Waals surface area (Å²) in [6.07, 6.45) is -0.122. The molecule has 1 aliphatic carbocycles. The Kier molecular flexibility index (Phi) is 4.07. The highest BCUT2D eigenvalue weighted by Gasteiger charge is 2.27. The van der Waals surface area contributed by atoms with E-state index in [1.165, 1.54) is 10.4 Å². The fourth-order valence-corrected chi connectivity index (χ4v) is 4.11. The van der Waals surface area contributed by atoms with Gasteiger partial charge in [-0.3, -0.25) is 0 Å². The second-order valence-corrected chi connectivity index (χ2v) is 6.37. The SMILES string of the molecule is FC(F)(F)COCc1nc(Cl)c2c3c(sc2n1)CCCC3. The summed E-state index contributed by atoms with van der Waals surface area (Å²) in [4.78, 5) is 10.4. The normalized spacial score (nSPS) is 15.4. The van der Waals surface area contributed by atoms with Crippen molar-refractivity contribution in [2.45, 2.75) is 38.5 Å². The zero-order valence-electron chi connectivity index (χ0n) is 11.0. The maximum atomic E-state index is 12.1. The summed E-state index contributed by atoms with van der Waals surface area (Å²) in [6.45, 7) is -1.61. The number of aryl methyl sites for hydroxylation is 2. The molecule has 0 bridgehead atoms. The van der Waals surface area contributed by atoms with Crippen molar-refractivity contribution < 1.29 is 17.9 Å². The maximum Gasteiger partial charge on any atom is 0.411 e. The molecule has 0 aromatic carbocycles. The van der Waals surface area contributed by atoms with E-state index in [1.807, 2.05) is 0 Å². The largest absolute Gasteiger partial charge is 0.411 e. The van der Waals surface area contributed by atoms with Crippen molar-refractivity contribution in [2.75, 3.05) is 6.61 Å². The van der Waals surface area contributed by atoms with Gasteiger partial charge < -0.3 is 4.74 Å². The number of rotatable bonds is 3. The van der Waals surface area contributed by atoms with Crippen molar-refractivity contribution in [1.82, 2.24) is 9.97 Å². The van der Waals surface area contributed by atoms with Crippen LogP contribution in [0.25, 0.3) is 10.2 Å². The van der Waals surface area contributed by atoms with Crippen molar-refractivity contribution >= 4 is 33.2 Å². The second-order valence-electron chi connectivity index (χ2n) is 4.93. The molecule has 0 spiro atoms. The lowest BCUT2D eigenvalue weighted by Crippen LogP contribution is -2.17. The van der Waals surface area contributed by atoms with Gasteiger partial charge in [0.1, 0.15) is 23.2 Å². The summed E-state index contributed by atoms with van der Waals surface area (Å²) in [7, 11) is 0. The number of nitrogens with zero attached hydrogens (tertiary/aromatic N) is 2. The van der Waals surface area contributed by atoms with Crippen LogP contribution in [0.5, 0.6) is 0 Å². The van der Waals surface area contributed by atoms with Crippen LogP contribution in [0.2, 0.25) is 5.15 Å². The second kappa shape index (κ2) is 5.70. The van der Waals surface area contributed by atoms with E-state index in [0.717, 1.165) is 35.9 Å². The molecule has 0 aliphatic heterocycles. The Morgan fingerprint density at radius 1 is 1.19 bits per heavy atom. The molecule has 0 radical (unpaired) electrons. The highest BCUT2D eigenvalue weighted by molar-refractivity contribution is 7.19. The molecule has 1 aliphatic rings. The molecule has 2 heterocycles. The topological polar surface area (TPSA) is 35.0 Å². The molecule has 2 aromatic rings. The van der Waals surface area contributed by atoms with Crippen LogP contribution in [0, 0.1) is 0 Å². The predicted octanol–water partition coefficient (Wildman–Crippen LogP) is 4.30. The van der Waals surface area contributed by atoms with E-state index < -0.39 is 12.8 Å². The van der Waals surface area contributed by atoms with Crippen LogP contribution in [0.1, 0.15) is 29.1 Å². The monoisotopic (exact) mass is 336 g/mol. The molecule has 0 unspecified atom stereocenters. The van der Waals surface area contributed by atoms with Gasteiger partial charge in [0.25, 0.3) is 0 Å². The number of fused-ring (bicyclic) bond motifs is 3. The first-order valence-electron chi connectivity index (χ1n) is 6.55. The van der Waals surface area contributed by atoms with Gasteiger partial charge in [-0.25, -0.2) is 9.97 Å². The van der Waals surface area contributed by atoms with E-state index in [4.69, 9.17) is 11.6 Å². The third kappa shape index (κ3) is 3.30. The number of ether oxygens (including phenoxy) is 1. The molecule has 0 N–H and O–H groups in total. The number of aromatic nitrogens is 2. The van der Waals surface area contributed by atoms with Gasteiger partial charge in [-0.15, -0.1) is 11.3 Å². The first kappa shape index (κ1) is 15.0. The highest BCUT2D eigenvalue weighted by Crippen LogP contribution is 2.38. The van der Waals surface area contributed by atoms with Crippen molar-refractivity contribution in [2.24, 2.45) is 0 Å². The van der Waals surface area contributed by atoms with Gasteiger partial charge >= 0.3 is 6.18 Å². The average molecular weight is 337 g/mol. The molecule has 0 saturated carbocycles. The molecule has 2 aromatic heterocycles. The molecule has 0 fully saturated rings. The fraction of sp³-hybridized carbons (Fsp3) is 0.538. The quantitative estimate of drug-likeness (QED) is 0.784. The van der Waals surface area contributed by atoms with E-state index >= 15 is 0 Å². The van der Waals surface area contributed by atoms with Crippen molar-refractivity contribution in [1.29, 1.82) is 0 Å². The van der Waals surface area contributed by atoms with Crippen LogP contribution < -0.4 is 0 Å². The minimum absolute atomic E-state index is 0.190. The lowest BCUT2D eigenvalue weighted by molar-refractivity contribution is -0.177. The third-order valence-corrected chi connectivity index (χ3v) is 4.77. The number of hydrogen-bond donors (Lipinski definition) is 0. The summed E-state index contributed by atoms with van der Waals surface area (Å²) in [6, 6.07) is 0. The Labute approximate surface area is 128 Å². The van der Waals surface area contributed by atoms with Gasteiger partial charge in [-0.2, -0.15) is 13.2 Å². The van der Waals surface area contributed by atoms with Crippen LogP contribution in [-0.2, 0) is 24.2 Å². The summed E-state index contributed by atoms with van der Waals surface area (Å²) in [5, 5.41) is 1.17. The zero-order chi connectivity index (χ0) is 15.0. The number of halogens is 4. The molecule has 114 valence electrons. The summed E-state index contributed by atoms with van der Waals surface area (Å²) in [5.74, 6) is 0.190. The minimum atomic E-state index is -4.35. The van der Waals surface area contributed by atoms with Gasteiger partial charge in [-0.1, -0.05) is 11.6 Å². The molecule has 21 heavy (non-hydrogen) atoms. The van der Waals surface area contributed by atoms with Crippen LogP contribution in [-0.4, -0.2) is 22.8 Å². The fourth-order valence-electron chi connectivity index (χ4n) is 2.48. The molecule has 0 atom stereocenters. The lowest BCUT2D eigenvalue weighted by Gasteiger charge is -2.10. The Morgan fingerprint density at radius 2 is 1.95 bits per heavy atom. The Bertz CT molecular complexity index is 671. The zero-order valence-corrected chi connectivity index (χ0v) is 12.5. The smallest absolute Gasteiger partial charge is 0.364 e. The van der Waals surface area contributed by atoms with Gasteiger partial charge in [-0.05, 0) is 31.2 Å². The Balaban J connectivity index is 1.86. The number of thiophene rings is 1. The number of hydrogen-bond acceptors (Lipinski definition) is 4. The van der Waals surface area contributed by atoms with Gasteiger partial charge in [0.2, 0.25) is 0 Å². The van der Waals surface area contributed by atoms with Crippen molar-refractivity contribution in [3.05, 3.63) is 21.4 Å². The van der Waals surface area contributed by atoms with Gasteiger partial charge in [0.15, 0.2) is 5.82 Å².